The smallest absolute Gasteiger partial charge is 0.194 e. The molecular weight excluding hydrogens is 490 g/mol. The Hall–Kier alpha value is -3.67. The first-order valence-electron chi connectivity index (χ1n) is 11.3. The van der Waals surface area contributed by atoms with Crippen molar-refractivity contribution < 1.29 is 13.6 Å². The first-order chi connectivity index (χ1) is 17.6. The number of benzene rings is 5. The molecule has 0 amide bonds. The fourth-order valence-electron chi connectivity index (χ4n) is 3.81. The lowest BCUT2D eigenvalue weighted by Crippen LogP contribution is -2.05. The van der Waals surface area contributed by atoms with E-state index in [-0.39, 0.29) is 17.4 Å². The fraction of sp³-hybridized carbons (Fsp3) is 0. The van der Waals surface area contributed by atoms with Gasteiger partial charge in [-0.05, 0) is 84.9 Å². The summed E-state index contributed by atoms with van der Waals surface area (Å²) in [7, 11) is -0.519. The molecule has 0 saturated carbocycles. The van der Waals surface area contributed by atoms with E-state index in [2.05, 4.69) is 0 Å². The van der Waals surface area contributed by atoms with E-state index < -0.39 is 10.9 Å². The number of rotatable bonds is 7. The molecular formula is C31H21F2OS2+. The summed E-state index contributed by atoms with van der Waals surface area (Å²) in [5.74, 6) is -0.599. The summed E-state index contributed by atoms with van der Waals surface area (Å²) in [6, 6.07) is 37.9. The summed E-state index contributed by atoms with van der Waals surface area (Å²) in [5.41, 5.74) is 1.32. The zero-order chi connectivity index (χ0) is 24.9. The lowest BCUT2D eigenvalue weighted by Gasteiger charge is -2.10. The molecule has 0 fully saturated rings. The van der Waals surface area contributed by atoms with E-state index in [1.54, 1.807) is 24.3 Å². The quantitative estimate of drug-likeness (QED) is 0.161. The Labute approximate surface area is 216 Å². The molecule has 5 heteroatoms. The fourth-order valence-corrected chi connectivity index (χ4v) is 6.79. The minimum absolute atomic E-state index is 0.00974. The van der Waals surface area contributed by atoms with Crippen LogP contribution < -0.4 is 0 Å². The number of ketones is 1. The molecule has 0 heterocycles. The van der Waals surface area contributed by atoms with Crippen molar-refractivity contribution in [2.24, 2.45) is 0 Å². The second-order valence-corrected chi connectivity index (χ2v) is 11.1. The van der Waals surface area contributed by atoms with E-state index in [0.717, 1.165) is 24.5 Å². The maximum atomic E-state index is 13.6. The largest absolute Gasteiger partial charge is 0.289 e. The van der Waals surface area contributed by atoms with E-state index in [1.165, 1.54) is 36.0 Å². The Balaban J connectivity index is 1.45. The summed E-state index contributed by atoms with van der Waals surface area (Å²) < 4.78 is 27.2. The van der Waals surface area contributed by atoms with Gasteiger partial charge in [0.25, 0.3) is 0 Å². The van der Waals surface area contributed by atoms with Gasteiger partial charge in [-0.25, -0.2) is 8.78 Å². The monoisotopic (exact) mass is 511 g/mol. The molecule has 36 heavy (non-hydrogen) atoms. The van der Waals surface area contributed by atoms with E-state index in [0.29, 0.717) is 11.1 Å². The van der Waals surface area contributed by atoms with Crippen LogP contribution in [0, 0.1) is 11.6 Å². The highest BCUT2D eigenvalue weighted by atomic mass is 32.2. The van der Waals surface area contributed by atoms with Gasteiger partial charge in [0.2, 0.25) is 0 Å². The first kappa shape index (κ1) is 24.0. The second kappa shape index (κ2) is 10.9. The lowest BCUT2D eigenvalue weighted by atomic mass is 10.0. The van der Waals surface area contributed by atoms with E-state index in [9.17, 15) is 13.6 Å². The maximum Gasteiger partial charge on any atom is 0.194 e. The van der Waals surface area contributed by atoms with Crippen molar-refractivity contribution >= 4 is 28.4 Å². The van der Waals surface area contributed by atoms with Crippen molar-refractivity contribution in [2.45, 2.75) is 24.5 Å². The Morgan fingerprint density at radius 3 is 1.58 bits per heavy atom. The van der Waals surface area contributed by atoms with Crippen LogP contribution in [0.5, 0.6) is 0 Å². The standard InChI is InChI=1S/C31H21F2OS2/c32-23-10-16-26(17-11-23)36(27-18-12-24(33)13-19-27)28-20-14-25(15-21-28)35-30-9-5-4-8-29(30)31(34)22-6-2-1-3-7-22/h1-21H/q+1. The van der Waals surface area contributed by atoms with Crippen LogP contribution in [-0.4, -0.2) is 5.78 Å². The molecule has 0 unspecified atom stereocenters. The molecule has 0 aromatic heterocycles. The SMILES string of the molecule is O=C(c1ccccc1)c1ccccc1Sc1ccc([S+](c2ccc(F)cc2)c2ccc(F)cc2)cc1. The van der Waals surface area contributed by atoms with Crippen molar-refractivity contribution in [2.75, 3.05) is 0 Å². The van der Waals surface area contributed by atoms with Crippen molar-refractivity contribution in [1.29, 1.82) is 0 Å². The third-order valence-corrected chi connectivity index (χ3v) is 8.87. The minimum Gasteiger partial charge on any atom is -0.289 e. The van der Waals surface area contributed by atoms with Gasteiger partial charge < -0.3 is 0 Å². The van der Waals surface area contributed by atoms with Crippen LogP contribution in [0.3, 0.4) is 0 Å². The van der Waals surface area contributed by atoms with E-state index in [4.69, 9.17) is 0 Å². The highest BCUT2D eigenvalue weighted by Gasteiger charge is 2.29. The maximum absolute atomic E-state index is 13.6. The van der Waals surface area contributed by atoms with Gasteiger partial charge in [-0.1, -0.05) is 54.2 Å². The third-order valence-electron chi connectivity index (χ3n) is 5.55. The molecule has 0 aliphatic heterocycles. The van der Waals surface area contributed by atoms with Crippen LogP contribution in [0.25, 0.3) is 0 Å². The van der Waals surface area contributed by atoms with Gasteiger partial charge >= 0.3 is 0 Å². The Morgan fingerprint density at radius 1 is 0.556 bits per heavy atom. The molecule has 0 spiro atoms. The zero-order valence-electron chi connectivity index (χ0n) is 19.1. The van der Waals surface area contributed by atoms with E-state index in [1.807, 2.05) is 78.9 Å². The third kappa shape index (κ3) is 5.43. The Bertz CT molecular complexity index is 1420. The number of carbonyl (C=O) groups excluding carboxylic acids is 1. The number of halogens is 2. The van der Waals surface area contributed by atoms with Crippen LogP contribution in [0.4, 0.5) is 8.78 Å². The van der Waals surface area contributed by atoms with Crippen LogP contribution in [0.1, 0.15) is 15.9 Å². The number of hydrogen-bond donors (Lipinski definition) is 0. The van der Waals surface area contributed by atoms with Crippen LogP contribution >= 0.6 is 11.8 Å². The average molecular weight is 512 g/mol. The molecule has 0 bridgehead atoms. The first-order valence-corrected chi connectivity index (χ1v) is 13.3. The second-order valence-electron chi connectivity index (χ2n) is 7.98. The van der Waals surface area contributed by atoms with Gasteiger partial charge in [0, 0.05) is 20.9 Å². The molecule has 0 radical (unpaired) electrons. The summed E-state index contributed by atoms with van der Waals surface area (Å²) in [4.78, 5) is 17.9. The van der Waals surface area contributed by atoms with Gasteiger partial charge in [0.1, 0.15) is 11.6 Å². The molecule has 5 aromatic carbocycles. The minimum atomic E-state index is -0.519. The zero-order valence-corrected chi connectivity index (χ0v) is 20.7. The predicted octanol–water partition coefficient (Wildman–Crippen LogP) is 8.44. The molecule has 0 aliphatic rings. The summed E-state index contributed by atoms with van der Waals surface area (Å²) >= 11 is 1.54. The van der Waals surface area contributed by atoms with Crippen molar-refractivity contribution in [1.82, 2.24) is 0 Å². The van der Waals surface area contributed by atoms with Gasteiger partial charge in [0.05, 0.1) is 10.9 Å². The molecule has 0 N–H and O–H groups in total. The highest BCUT2D eigenvalue weighted by molar-refractivity contribution is 7.99. The molecule has 1 nitrogen and oxygen atoms in total. The summed E-state index contributed by atoms with van der Waals surface area (Å²) in [6.45, 7) is 0. The number of carbonyl (C=O) groups is 1. The predicted molar refractivity (Wildman–Crippen MR) is 142 cm³/mol. The van der Waals surface area contributed by atoms with Crippen LogP contribution in [0.2, 0.25) is 0 Å². The van der Waals surface area contributed by atoms with Gasteiger partial charge in [-0.2, -0.15) is 0 Å². The van der Waals surface area contributed by atoms with Crippen molar-refractivity contribution in [3.63, 3.8) is 0 Å². The Kier molecular flexibility index (Phi) is 7.31. The molecule has 0 aliphatic carbocycles. The molecule has 176 valence electrons. The summed E-state index contributed by atoms with van der Waals surface area (Å²) in [6.07, 6.45) is 0. The van der Waals surface area contributed by atoms with Crippen molar-refractivity contribution in [3.05, 3.63) is 150 Å². The van der Waals surface area contributed by atoms with Gasteiger partial charge in [-0.3, -0.25) is 4.79 Å². The average Bonchev–Trinajstić information content (AvgIpc) is 2.92. The highest BCUT2D eigenvalue weighted by Crippen LogP contribution is 2.35. The van der Waals surface area contributed by atoms with Crippen molar-refractivity contribution in [3.8, 4) is 0 Å². The molecule has 5 aromatic rings. The van der Waals surface area contributed by atoms with Gasteiger partial charge in [-0.15, -0.1) is 0 Å². The number of hydrogen-bond acceptors (Lipinski definition) is 2. The van der Waals surface area contributed by atoms with Gasteiger partial charge in [0.15, 0.2) is 20.5 Å². The Morgan fingerprint density at radius 2 is 1.03 bits per heavy atom. The normalized spacial score (nSPS) is 11.0. The molecule has 5 rings (SSSR count). The van der Waals surface area contributed by atoms with Crippen LogP contribution in [-0.2, 0) is 10.9 Å². The van der Waals surface area contributed by atoms with Crippen LogP contribution in [0.15, 0.2) is 152 Å². The summed E-state index contributed by atoms with van der Waals surface area (Å²) in [5, 5.41) is 0. The topological polar surface area (TPSA) is 17.1 Å². The lowest BCUT2D eigenvalue weighted by molar-refractivity contribution is 0.103. The molecule has 0 atom stereocenters. The van der Waals surface area contributed by atoms with E-state index >= 15 is 0 Å². The molecule has 0 saturated heterocycles.